The lowest BCUT2D eigenvalue weighted by molar-refractivity contribution is -0.124. The third-order valence-corrected chi connectivity index (χ3v) is 6.29. The van der Waals surface area contributed by atoms with Gasteiger partial charge in [0.05, 0.1) is 19.8 Å². The summed E-state index contributed by atoms with van der Waals surface area (Å²) in [5.41, 5.74) is 3.93. The Bertz CT molecular complexity index is 918. The third kappa shape index (κ3) is 5.26. The van der Waals surface area contributed by atoms with Crippen LogP contribution in [-0.4, -0.2) is 44.3 Å². The zero-order chi connectivity index (χ0) is 23.5. The maximum Gasteiger partial charge on any atom is 0.342 e. The highest BCUT2D eigenvalue weighted by Gasteiger charge is 2.33. The number of ether oxygens (including phenoxy) is 4. The van der Waals surface area contributed by atoms with E-state index < -0.39 is 0 Å². The number of hydrogen-bond donors (Lipinski definition) is 1. The molecule has 7 heteroatoms. The van der Waals surface area contributed by atoms with Gasteiger partial charge in [-0.3, -0.25) is 4.79 Å². The van der Waals surface area contributed by atoms with Gasteiger partial charge in [-0.25, -0.2) is 4.79 Å². The molecule has 1 N–H and O–H groups in total. The van der Waals surface area contributed by atoms with Crippen LogP contribution in [0.2, 0.25) is 0 Å². The number of allylic oxidation sites excluding steroid dienone is 2. The van der Waals surface area contributed by atoms with E-state index in [2.05, 4.69) is 25.2 Å². The number of esters is 1. The molecule has 1 saturated heterocycles. The van der Waals surface area contributed by atoms with Crippen molar-refractivity contribution in [2.24, 2.45) is 0 Å². The maximum atomic E-state index is 12.4. The molecule has 3 rings (SSSR count). The average Bonchev–Trinajstić information content (AvgIpc) is 3.12. The van der Waals surface area contributed by atoms with Crippen LogP contribution in [0.5, 0.6) is 11.5 Å². The molecule has 2 aliphatic rings. The minimum absolute atomic E-state index is 0.0618. The number of fused-ring (bicyclic) bond motifs is 1. The first-order valence-electron chi connectivity index (χ1n) is 11.2. The van der Waals surface area contributed by atoms with E-state index in [0.29, 0.717) is 42.9 Å². The number of methoxy groups -OCH3 is 2. The molecule has 176 valence electrons. The number of nitrogens with one attached hydrogen (secondary N) is 1. The summed E-state index contributed by atoms with van der Waals surface area (Å²) in [7, 11) is 3.17. The Kier molecular flexibility index (Phi) is 7.49. The Morgan fingerprint density at radius 3 is 2.59 bits per heavy atom. The molecule has 32 heavy (non-hydrogen) atoms. The third-order valence-electron chi connectivity index (χ3n) is 6.29. The Morgan fingerprint density at radius 1 is 1.22 bits per heavy atom. The average molecular weight is 446 g/mol. The molecule has 0 bridgehead atoms. The molecule has 2 heterocycles. The summed E-state index contributed by atoms with van der Waals surface area (Å²) >= 11 is 0. The van der Waals surface area contributed by atoms with Gasteiger partial charge in [0.1, 0.15) is 23.7 Å². The van der Waals surface area contributed by atoms with Crippen LogP contribution < -0.4 is 14.8 Å². The smallest absolute Gasteiger partial charge is 0.342 e. The van der Waals surface area contributed by atoms with Gasteiger partial charge in [-0.15, -0.1) is 0 Å². The van der Waals surface area contributed by atoms with Gasteiger partial charge in [-0.2, -0.15) is 0 Å². The second-order valence-electron chi connectivity index (χ2n) is 9.22. The predicted molar refractivity (Wildman–Crippen MR) is 121 cm³/mol. The standard InChI is InChI=1S/C25H35NO6/c1-15(8-10-20(27)26-17-11-12-32-25(3,4)13-17)7-9-18-22(29-5)16(2)19-14-31-24(28)21(19)23(18)30-6/h7,17H,8-14H2,1-6H3,(H,26,27)/b15-7+/t17-/m1/s1. The zero-order valence-electron chi connectivity index (χ0n) is 20.1. The minimum Gasteiger partial charge on any atom is -0.496 e. The van der Waals surface area contributed by atoms with Gasteiger partial charge in [0, 0.05) is 30.2 Å². The molecule has 1 aromatic rings. The molecular weight excluding hydrogens is 410 g/mol. The van der Waals surface area contributed by atoms with E-state index in [0.717, 1.165) is 35.1 Å². The first kappa shape index (κ1) is 24.1. The van der Waals surface area contributed by atoms with Gasteiger partial charge in [-0.05, 0) is 58.9 Å². The van der Waals surface area contributed by atoms with Crippen LogP contribution in [0.4, 0.5) is 0 Å². The van der Waals surface area contributed by atoms with Crippen molar-refractivity contribution in [2.75, 3.05) is 20.8 Å². The van der Waals surface area contributed by atoms with Crippen molar-refractivity contribution >= 4 is 11.9 Å². The fourth-order valence-electron chi connectivity index (χ4n) is 4.58. The molecule has 0 spiro atoms. The van der Waals surface area contributed by atoms with E-state index in [4.69, 9.17) is 18.9 Å². The molecule has 0 radical (unpaired) electrons. The molecule has 1 amide bonds. The summed E-state index contributed by atoms with van der Waals surface area (Å²) in [6, 6.07) is 0.165. The Hall–Kier alpha value is -2.54. The first-order valence-corrected chi connectivity index (χ1v) is 11.2. The van der Waals surface area contributed by atoms with E-state index in [1.165, 1.54) is 0 Å². The van der Waals surface area contributed by atoms with E-state index in [9.17, 15) is 9.59 Å². The van der Waals surface area contributed by atoms with E-state index in [-0.39, 0.29) is 30.1 Å². The number of hydrogen-bond acceptors (Lipinski definition) is 6. The van der Waals surface area contributed by atoms with Crippen molar-refractivity contribution in [3.8, 4) is 11.5 Å². The summed E-state index contributed by atoms with van der Waals surface area (Å²) < 4.78 is 22.2. The number of benzene rings is 1. The van der Waals surface area contributed by atoms with E-state index in [1.54, 1.807) is 14.2 Å². The highest BCUT2D eigenvalue weighted by molar-refractivity contribution is 5.98. The van der Waals surface area contributed by atoms with Crippen LogP contribution in [0.15, 0.2) is 11.6 Å². The van der Waals surface area contributed by atoms with Gasteiger partial charge < -0.3 is 24.3 Å². The van der Waals surface area contributed by atoms with Crippen molar-refractivity contribution in [3.05, 3.63) is 33.9 Å². The van der Waals surface area contributed by atoms with E-state index in [1.807, 2.05) is 13.8 Å². The van der Waals surface area contributed by atoms with Crippen molar-refractivity contribution in [1.29, 1.82) is 0 Å². The number of carbonyl (C=O) groups is 2. The molecule has 0 unspecified atom stereocenters. The molecule has 0 saturated carbocycles. The molecule has 0 aromatic heterocycles. The molecule has 0 aliphatic carbocycles. The minimum atomic E-state index is -0.363. The van der Waals surface area contributed by atoms with Gasteiger partial charge >= 0.3 is 5.97 Å². The van der Waals surface area contributed by atoms with Crippen LogP contribution in [0.25, 0.3) is 0 Å². The molecule has 1 atom stereocenters. The maximum absolute atomic E-state index is 12.4. The number of cyclic esters (lactones) is 1. The van der Waals surface area contributed by atoms with Crippen LogP contribution in [-0.2, 0) is 27.3 Å². The van der Waals surface area contributed by atoms with Crippen molar-refractivity contribution in [3.63, 3.8) is 0 Å². The summed E-state index contributed by atoms with van der Waals surface area (Å²) in [4.78, 5) is 24.7. The molecular formula is C25H35NO6. The lowest BCUT2D eigenvalue weighted by Crippen LogP contribution is -2.45. The highest BCUT2D eigenvalue weighted by atomic mass is 16.5. The summed E-state index contributed by atoms with van der Waals surface area (Å²) in [5, 5.41) is 3.14. The predicted octanol–water partition coefficient (Wildman–Crippen LogP) is 4.03. The Balaban J connectivity index is 1.66. The topological polar surface area (TPSA) is 83.1 Å². The first-order chi connectivity index (χ1) is 15.2. The van der Waals surface area contributed by atoms with Crippen molar-refractivity contribution in [1.82, 2.24) is 5.32 Å². The quantitative estimate of drug-likeness (QED) is 0.481. The number of carbonyl (C=O) groups excluding carboxylic acids is 2. The van der Waals surface area contributed by atoms with Crippen LogP contribution in [0.1, 0.15) is 73.5 Å². The number of rotatable bonds is 8. The largest absolute Gasteiger partial charge is 0.496 e. The fourth-order valence-corrected chi connectivity index (χ4v) is 4.58. The highest BCUT2D eigenvalue weighted by Crippen LogP contribution is 2.42. The van der Waals surface area contributed by atoms with Crippen LogP contribution in [0.3, 0.4) is 0 Å². The lowest BCUT2D eigenvalue weighted by Gasteiger charge is -2.35. The SMILES string of the molecule is COc1c(C)c2c(c(OC)c1C/C=C(\C)CCC(=O)N[C@@H]1CCOC(C)(C)C1)C(=O)OC2. The second kappa shape index (κ2) is 9.94. The number of amides is 1. The van der Waals surface area contributed by atoms with Gasteiger partial charge in [0.15, 0.2) is 0 Å². The normalized spacial score (nSPS) is 19.9. The monoisotopic (exact) mass is 445 g/mol. The molecule has 1 aromatic carbocycles. The molecule has 2 aliphatic heterocycles. The van der Waals surface area contributed by atoms with Crippen molar-refractivity contribution in [2.45, 2.75) is 78.0 Å². The second-order valence-corrected chi connectivity index (χ2v) is 9.22. The van der Waals surface area contributed by atoms with E-state index >= 15 is 0 Å². The summed E-state index contributed by atoms with van der Waals surface area (Å²) in [5.74, 6) is 0.918. The van der Waals surface area contributed by atoms with Crippen LogP contribution >= 0.6 is 0 Å². The van der Waals surface area contributed by atoms with Gasteiger partial charge in [-0.1, -0.05) is 11.6 Å². The molecule has 1 fully saturated rings. The summed E-state index contributed by atoms with van der Waals surface area (Å²) in [6.45, 7) is 8.97. The van der Waals surface area contributed by atoms with Gasteiger partial charge in [0.25, 0.3) is 0 Å². The van der Waals surface area contributed by atoms with Crippen molar-refractivity contribution < 1.29 is 28.5 Å². The summed E-state index contributed by atoms with van der Waals surface area (Å²) in [6.07, 6.45) is 5.38. The Labute approximate surface area is 190 Å². The van der Waals surface area contributed by atoms with Gasteiger partial charge in [0.2, 0.25) is 5.91 Å². The fraction of sp³-hybridized carbons (Fsp3) is 0.600. The lowest BCUT2D eigenvalue weighted by atomic mass is 9.93. The molecule has 7 nitrogen and oxygen atoms in total. The zero-order valence-corrected chi connectivity index (χ0v) is 20.1. The van der Waals surface area contributed by atoms with Crippen LogP contribution in [0, 0.1) is 6.92 Å². The Morgan fingerprint density at radius 2 is 1.94 bits per heavy atom.